The highest BCUT2D eigenvalue weighted by atomic mass is 32.1. The minimum Gasteiger partial charge on any atom is -0.323 e. The lowest BCUT2D eigenvalue weighted by Crippen LogP contribution is -2.11. The number of hydrogen-bond acceptors (Lipinski definition) is 2. The topological polar surface area (TPSA) is 28.8 Å². The van der Waals surface area contributed by atoms with Gasteiger partial charge in [-0.1, -0.05) is 20.8 Å². The molecule has 0 bridgehead atoms. The standard InChI is InChI=1S/C11H16N2S/c1-5-6-7-13-8-9(11(2,3)4)14-10(13)12/h1,8,12H,6-7H2,2-4H3. The number of nitrogens with one attached hydrogen (secondary N) is 1. The summed E-state index contributed by atoms with van der Waals surface area (Å²) in [5.41, 5.74) is 0.127. The van der Waals surface area contributed by atoms with Crippen molar-refractivity contribution in [3.63, 3.8) is 0 Å². The second-order valence-corrected chi connectivity index (χ2v) is 5.33. The zero-order valence-corrected chi connectivity index (χ0v) is 9.74. The molecule has 1 aromatic heterocycles. The van der Waals surface area contributed by atoms with Gasteiger partial charge in [-0.25, -0.2) is 0 Å². The summed E-state index contributed by atoms with van der Waals surface area (Å²) >= 11 is 1.53. The molecular formula is C11H16N2S. The molecule has 0 spiro atoms. The number of rotatable bonds is 2. The summed E-state index contributed by atoms with van der Waals surface area (Å²) < 4.78 is 1.92. The highest BCUT2D eigenvalue weighted by Crippen LogP contribution is 2.24. The van der Waals surface area contributed by atoms with E-state index in [1.165, 1.54) is 16.2 Å². The van der Waals surface area contributed by atoms with Crippen molar-refractivity contribution < 1.29 is 0 Å². The Bertz CT molecular complexity index is 398. The van der Waals surface area contributed by atoms with Crippen molar-refractivity contribution >= 4 is 11.3 Å². The van der Waals surface area contributed by atoms with Crippen molar-refractivity contribution in [1.82, 2.24) is 4.57 Å². The molecule has 2 nitrogen and oxygen atoms in total. The van der Waals surface area contributed by atoms with Crippen molar-refractivity contribution in [1.29, 1.82) is 5.41 Å². The number of aromatic nitrogens is 1. The largest absolute Gasteiger partial charge is 0.323 e. The van der Waals surface area contributed by atoms with E-state index in [1.54, 1.807) is 0 Å². The Morgan fingerprint density at radius 1 is 1.57 bits per heavy atom. The molecule has 0 radical (unpaired) electrons. The van der Waals surface area contributed by atoms with Gasteiger partial charge >= 0.3 is 0 Å². The first-order valence-electron chi connectivity index (χ1n) is 4.64. The Hall–Kier alpha value is -1.01. The van der Waals surface area contributed by atoms with Crippen LogP contribution in [-0.4, -0.2) is 4.57 Å². The van der Waals surface area contributed by atoms with Gasteiger partial charge in [0.15, 0.2) is 4.80 Å². The molecule has 0 amide bonds. The predicted molar refractivity (Wildman–Crippen MR) is 60.3 cm³/mol. The number of hydrogen-bond donors (Lipinski definition) is 1. The number of thiazole rings is 1. The molecule has 0 unspecified atom stereocenters. The normalized spacial score (nSPS) is 11.3. The van der Waals surface area contributed by atoms with Crippen molar-refractivity contribution in [3.8, 4) is 12.3 Å². The lowest BCUT2D eigenvalue weighted by atomic mass is 9.95. The smallest absolute Gasteiger partial charge is 0.182 e. The van der Waals surface area contributed by atoms with E-state index < -0.39 is 0 Å². The summed E-state index contributed by atoms with van der Waals surface area (Å²) in [6.45, 7) is 7.22. The van der Waals surface area contributed by atoms with E-state index in [2.05, 4.69) is 26.7 Å². The van der Waals surface area contributed by atoms with Crippen LogP contribution in [0.3, 0.4) is 0 Å². The number of nitrogens with zero attached hydrogens (tertiary/aromatic N) is 1. The summed E-state index contributed by atoms with van der Waals surface area (Å²) in [6, 6.07) is 0. The van der Waals surface area contributed by atoms with E-state index in [0.717, 1.165) is 6.54 Å². The summed E-state index contributed by atoms with van der Waals surface area (Å²) in [7, 11) is 0. The number of terminal acetylenes is 1. The molecule has 0 atom stereocenters. The van der Waals surface area contributed by atoms with Crippen molar-refractivity contribution in [2.24, 2.45) is 0 Å². The van der Waals surface area contributed by atoms with Gasteiger partial charge < -0.3 is 4.57 Å². The summed E-state index contributed by atoms with van der Waals surface area (Å²) in [5.74, 6) is 2.59. The molecule has 3 heteroatoms. The number of aryl methyl sites for hydroxylation is 1. The molecule has 0 aliphatic heterocycles. The third-order valence-corrected chi connectivity index (χ3v) is 3.34. The third kappa shape index (κ3) is 2.49. The SMILES string of the molecule is C#CCCn1cc(C(C)(C)C)sc1=N. The van der Waals surface area contributed by atoms with Crippen LogP contribution in [0.2, 0.25) is 0 Å². The molecule has 1 heterocycles. The monoisotopic (exact) mass is 208 g/mol. The quantitative estimate of drug-likeness (QED) is 0.723. The van der Waals surface area contributed by atoms with Crippen molar-refractivity contribution in [3.05, 3.63) is 15.9 Å². The molecule has 0 fully saturated rings. The van der Waals surface area contributed by atoms with E-state index in [4.69, 9.17) is 11.8 Å². The Morgan fingerprint density at radius 2 is 2.21 bits per heavy atom. The zero-order chi connectivity index (χ0) is 10.8. The van der Waals surface area contributed by atoms with E-state index in [0.29, 0.717) is 11.2 Å². The molecule has 0 saturated heterocycles. The van der Waals surface area contributed by atoms with Gasteiger partial charge in [0.1, 0.15) is 0 Å². The van der Waals surface area contributed by atoms with E-state index >= 15 is 0 Å². The molecular weight excluding hydrogens is 192 g/mol. The molecule has 0 aliphatic rings. The van der Waals surface area contributed by atoms with Crippen LogP contribution in [0.5, 0.6) is 0 Å². The van der Waals surface area contributed by atoms with Gasteiger partial charge in [-0.05, 0) is 5.41 Å². The van der Waals surface area contributed by atoms with Crippen LogP contribution < -0.4 is 4.80 Å². The third-order valence-electron chi connectivity index (χ3n) is 1.98. The van der Waals surface area contributed by atoms with Gasteiger partial charge in [-0.3, -0.25) is 5.41 Å². The maximum atomic E-state index is 7.76. The predicted octanol–water partition coefficient (Wildman–Crippen LogP) is 2.35. The van der Waals surface area contributed by atoms with Crippen LogP contribution >= 0.6 is 11.3 Å². The van der Waals surface area contributed by atoms with Crippen LogP contribution in [0.4, 0.5) is 0 Å². The van der Waals surface area contributed by atoms with E-state index in [1.807, 2.05) is 10.8 Å². The minimum atomic E-state index is 0.127. The van der Waals surface area contributed by atoms with Gasteiger partial charge in [0.2, 0.25) is 0 Å². The Morgan fingerprint density at radius 3 is 2.64 bits per heavy atom. The van der Waals surface area contributed by atoms with Crippen LogP contribution in [-0.2, 0) is 12.0 Å². The molecule has 14 heavy (non-hydrogen) atoms. The summed E-state index contributed by atoms with van der Waals surface area (Å²) in [5, 5.41) is 7.76. The van der Waals surface area contributed by atoms with E-state index in [-0.39, 0.29) is 5.41 Å². The van der Waals surface area contributed by atoms with Crippen molar-refractivity contribution in [2.75, 3.05) is 0 Å². The Balaban J connectivity index is 2.95. The molecule has 0 aliphatic carbocycles. The lowest BCUT2D eigenvalue weighted by Gasteiger charge is -2.14. The van der Waals surface area contributed by atoms with Crippen LogP contribution in [0.1, 0.15) is 32.1 Å². The average Bonchev–Trinajstić information content (AvgIpc) is 2.43. The van der Waals surface area contributed by atoms with Gasteiger partial charge in [0, 0.05) is 24.0 Å². The maximum Gasteiger partial charge on any atom is 0.182 e. The fraction of sp³-hybridized carbons (Fsp3) is 0.545. The molecule has 0 aromatic carbocycles. The van der Waals surface area contributed by atoms with Gasteiger partial charge in [0.05, 0.1) is 0 Å². The molecule has 76 valence electrons. The highest BCUT2D eigenvalue weighted by molar-refractivity contribution is 7.09. The summed E-state index contributed by atoms with van der Waals surface area (Å²) in [4.78, 5) is 1.82. The first-order chi connectivity index (χ1) is 6.45. The van der Waals surface area contributed by atoms with Crippen molar-refractivity contribution in [2.45, 2.75) is 39.2 Å². The van der Waals surface area contributed by atoms with Crippen LogP contribution in [0.25, 0.3) is 0 Å². The fourth-order valence-corrected chi connectivity index (χ4v) is 2.04. The zero-order valence-electron chi connectivity index (χ0n) is 8.92. The van der Waals surface area contributed by atoms with E-state index in [9.17, 15) is 0 Å². The molecule has 1 N–H and O–H groups in total. The first kappa shape index (κ1) is 11.1. The maximum absolute atomic E-state index is 7.76. The molecule has 1 rings (SSSR count). The first-order valence-corrected chi connectivity index (χ1v) is 5.45. The van der Waals surface area contributed by atoms with Gasteiger partial charge in [-0.15, -0.1) is 23.7 Å². The molecule has 0 saturated carbocycles. The van der Waals surface area contributed by atoms with Crippen LogP contribution in [0.15, 0.2) is 6.20 Å². The van der Waals surface area contributed by atoms with Gasteiger partial charge in [0.25, 0.3) is 0 Å². The van der Waals surface area contributed by atoms with Crippen LogP contribution in [0, 0.1) is 17.8 Å². The highest BCUT2D eigenvalue weighted by Gasteiger charge is 2.16. The summed E-state index contributed by atoms with van der Waals surface area (Å²) in [6.07, 6.45) is 7.94. The fourth-order valence-electron chi connectivity index (χ4n) is 1.09. The minimum absolute atomic E-state index is 0.127. The lowest BCUT2D eigenvalue weighted by molar-refractivity contribution is 0.593. The van der Waals surface area contributed by atoms with Gasteiger partial charge in [-0.2, -0.15) is 0 Å². The Kier molecular flexibility index (Phi) is 3.17. The molecule has 1 aromatic rings. The Labute approximate surface area is 89.1 Å². The second-order valence-electron chi connectivity index (χ2n) is 4.30. The average molecular weight is 208 g/mol. The second kappa shape index (κ2) is 4.02.